The van der Waals surface area contributed by atoms with Crippen molar-refractivity contribution < 1.29 is 24.6 Å². The van der Waals surface area contributed by atoms with Crippen molar-refractivity contribution in [2.45, 2.75) is 6.42 Å². The number of carboxylic acid groups (broad SMARTS) is 2. The van der Waals surface area contributed by atoms with Gasteiger partial charge in [-0.05, 0) is 6.42 Å². The van der Waals surface area contributed by atoms with Gasteiger partial charge in [0.15, 0.2) is 0 Å². The van der Waals surface area contributed by atoms with Crippen LogP contribution in [0.3, 0.4) is 0 Å². The van der Waals surface area contributed by atoms with Crippen molar-refractivity contribution in [1.82, 2.24) is 14.9 Å². The van der Waals surface area contributed by atoms with Gasteiger partial charge in [-0.1, -0.05) is 11.6 Å². The molecule has 2 atom stereocenters. The monoisotopic (exact) mass is 313 g/mol. The van der Waals surface area contributed by atoms with Crippen LogP contribution in [0.2, 0.25) is 5.15 Å². The van der Waals surface area contributed by atoms with E-state index < -0.39 is 29.7 Å². The zero-order valence-corrected chi connectivity index (χ0v) is 11.5. The third kappa shape index (κ3) is 3.27. The molecule has 2 heterocycles. The molecule has 2 N–H and O–H groups in total. The van der Waals surface area contributed by atoms with Gasteiger partial charge in [-0.2, -0.15) is 0 Å². The molecule has 0 saturated carbocycles. The Balaban J connectivity index is 2.15. The number of nitrogens with zero attached hydrogens (tertiary/aromatic N) is 3. The molecule has 1 aliphatic heterocycles. The molecule has 1 aromatic heterocycles. The van der Waals surface area contributed by atoms with Crippen LogP contribution in [-0.2, 0) is 9.59 Å². The Morgan fingerprint density at radius 2 is 1.81 bits per heavy atom. The minimum atomic E-state index is -1.23. The molecule has 1 aliphatic rings. The second-order valence-electron chi connectivity index (χ2n) is 4.65. The van der Waals surface area contributed by atoms with E-state index in [1.165, 1.54) is 17.3 Å². The molecular formula is C12H12ClN3O5. The minimum Gasteiger partial charge on any atom is -0.481 e. The van der Waals surface area contributed by atoms with Gasteiger partial charge in [-0.3, -0.25) is 14.4 Å². The molecule has 2 unspecified atom stereocenters. The second-order valence-corrected chi connectivity index (χ2v) is 5.04. The maximum absolute atomic E-state index is 12.2. The van der Waals surface area contributed by atoms with E-state index in [1.54, 1.807) is 0 Å². The zero-order valence-electron chi connectivity index (χ0n) is 10.8. The van der Waals surface area contributed by atoms with Crippen LogP contribution in [0.5, 0.6) is 0 Å². The van der Waals surface area contributed by atoms with E-state index >= 15 is 0 Å². The fraction of sp³-hybridized carbons (Fsp3) is 0.417. The lowest BCUT2D eigenvalue weighted by molar-refractivity contribution is -0.156. The van der Waals surface area contributed by atoms with Gasteiger partial charge >= 0.3 is 11.9 Å². The van der Waals surface area contributed by atoms with Crippen molar-refractivity contribution >= 4 is 29.4 Å². The number of carbonyl (C=O) groups is 3. The van der Waals surface area contributed by atoms with Crippen LogP contribution >= 0.6 is 11.6 Å². The van der Waals surface area contributed by atoms with Gasteiger partial charge in [0.25, 0.3) is 5.91 Å². The lowest BCUT2D eigenvalue weighted by Crippen LogP contribution is -2.48. The summed E-state index contributed by atoms with van der Waals surface area (Å²) in [5, 5.41) is 18.3. The molecule has 0 spiro atoms. The number of aromatic nitrogens is 2. The molecule has 1 saturated heterocycles. The minimum absolute atomic E-state index is 0.0392. The van der Waals surface area contributed by atoms with Gasteiger partial charge < -0.3 is 15.1 Å². The van der Waals surface area contributed by atoms with Crippen LogP contribution in [0.1, 0.15) is 16.9 Å². The first kappa shape index (κ1) is 15.2. The Kier molecular flexibility index (Phi) is 4.37. The maximum Gasteiger partial charge on any atom is 0.309 e. The average molecular weight is 314 g/mol. The predicted molar refractivity (Wildman–Crippen MR) is 69.8 cm³/mol. The van der Waals surface area contributed by atoms with Crippen LogP contribution in [-0.4, -0.2) is 56.0 Å². The summed E-state index contributed by atoms with van der Waals surface area (Å²) in [4.78, 5) is 43.3. The van der Waals surface area contributed by atoms with Crippen molar-refractivity contribution in [3.63, 3.8) is 0 Å². The molecule has 0 aromatic carbocycles. The van der Waals surface area contributed by atoms with Gasteiger partial charge in [0.2, 0.25) is 0 Å². The average Bonchev–Trinajstić information content (AvgIpc) is 2.46. The van der Waals surface area contributed by atoms with Crippen molar-refractivity contribution in [2.24, 2.45) is 11.8 Å². The quantitative estimate of drug-likeness (QED) is 0.827. The third-order valence-electron chi connectivity index (χ3n) is 3.37. The normalized spacial score (nSPS) is 21.9. The molecule has 1 amide bonds. The van der Waals surface area contributed by atoms with E-state index in [0.29, 0.717) is 0 Å². The second kappa shape index (κ2) is 6.04. The van der Waals surface area contributed by atoms with Gasteiger partial charge in [-0.25, -0.2) is 9.97 Å². The highest BCUT2D eigenvalue weighted by Crippen LogP contribution is 2.25. The van der Waals surface area contributed by atoms with Gasteiger partial charge in [-0.15, -0.1) is 0 Å². The third-order valence-corrected chi connectivity index (χ3v) is 3.57. The number of halogens is 1. The predicted octanol–water partition coefficient (Wildman–Crippen LogP) is 0.378. The number of amides is 1. The molecule has 0 radical (unpaired) electrons. The molecule has 1 fully saturated rings. The summed E-state index contributed by atoms with van der Waals surface area (Å²) in [5.74, 6) is -5.03. The Morgan fingerprint density at radius 3 is 2.33 bits per heavy atom. The summed E-state index contributed by atoms with van der Waals surface area (Å²) < 4.78 is 0. The van der Waals surface area contributed by atoms with Crippen molar-refractivity contribution in [1.29, 1.82) is 0 Å². The van der Waals surface area contributed by atoms with E-state index in [9.17, 15) is 14.4 Å². The van der Waals surface area contributed by atoms with E-state index in [4.69, 9.17) is 21.8 Å². The summed E-state index contributed by atoms with van der Waals surface area (Å²) >= 11 is 5.58. The molecule has 0 bridgehead atoms. The van der Waals surface area contributed by atoms with Crippen molar-refractivity contribution in [3.8, 4) is 0 Å². The number of likely N-dealkylation sites (tertiary alicyclic amines) is 1. The molecule has 0 aliphatic carbocycles. The Morgan fingerprint density at radius 1 is 1.14 bits per heavy atom. The number of carbonyl (C=O) groups excluding carboxylic acids is 1. The van der Waals surface area contributed by atoms with Crippen LogP contribution in [0, 0.1) is 11.8 Å². The summed E-state index contributed by atoms with van der Waals surface area (Å²) in [6.07, 6.45) is 2.50. The zero-order chi connectivity index (χ0) is 15.6. The van der Waals surface area contributed by atoms with Crippen LogP contribution in [0.4, 0.5) is 0 Å². The first-order chi connectivity index (χ1) is 9.90. The van der Waals surface area contributed by atoms with Crippen LogP contribution in [0.15, 0.2) is 12.4 Å². The molecular weight excluding hydrogens is 302 g/mol. The molecule has 112 valence electrons. The van der Waals surface area contributed by atoms with Crippen molar-refractivity contribution in [3.05, 3.63) is 23.2 Å². The summed E-state index contributed by atoms with van der Waals surface area (Å²) in [5.41, 5.74) is 0.0392. The van der Waals surface area contributed by atoms with E-state index in [-0.39, 0.29) is 30.4 Å². The summed E-state index contributed by atoms with van der Waals surface area (Å²) in [7, 11) is 0. The standard InChI is InChI=1S/C12H12ClN3O5/c13-9-4-14-8(3-15-9)10(17)16-2-1-6(11(18)19)7(5-16)12(20)21/h3-4,6-7H,1-2,5H2,(H,18,19)(H,20,21). The highest BCUT2D eigenvalue weighted by molar-refractivity contribution is 6.29. The SMILES string of the molecule is O=C(O)C1CCN(C(=O)c2cnc(Cl)cn2)CC1C(=O)O. The van der Waals surface area contributed by atoms with Gasteiger partial charge in [0.1, 0.15) is 10.8 Å². The molecule has 21 heavy (non-hydrogen) atoms. The first-order valence-electron chi connectivity index (χ1n) is 6.12. The van der Waals surface area contributed by atoms with Crippen LogP contribution in [0.25, 0.3) is 0 Å². The highest BCUT2D eigenvalue weighted by Gasteiger charge is 2.40. The van der Waals surface area contributed by atoms with E-state index in [2.05, 4.69) is 9.97 Å². The lowest BCUT2D eigenvalue weighted by Gasteiger charge is -2.34. The smallest absolute Gasteiger partial charge is 0.309 e. The Bertz CT molecular complexity index is 577. The van der Waals surface area contributed by atoms with E-state index in [0.717, 1.165) is 0 Å². The number of carboxylic acids is 2. The highest BCUT2D eigenvalue weighted by atomic mass is 35.5. The molecule has 9 heteroatoms. The lowest BCUT2D eigenvalue weighted by atomic mass is 9.85. The molecule has 1 aromatic rings. The Labute approximate surface area is 124 Å². The number of hydrogen-bond donors (Lipinski definition) is 2. The first-order valence-corrected chi connectivity index (χ1v) is 6.50. The molecule has 2 rings (SSSR count). The largest absolute Gasteiger partial charge is 0.481 e. The fourth-order valence-electron chi connectivity index (χ4n) is 2.27. The van der Waals surface area contributed by atoms with Gasteiger partial charge in [0.05, 0.1) is 24.2 Å². The topological polar surface area (TPSA) is 121 Å². The van der Waals surface area contributed by atoms with Crippen LogP contribution < -0.4 is 0 Å². The summed E-state index contributed by atoms with van der Waals surface area (Å²) in [6, 6.07) is 0. The Hall–Kier alpha value is -2.22. The number of piperidine rings is 1. The molecule has 8 nitrogen and oxygen atoms in total. The maximum atomic E-state index is 12.2. The van der Waals surface area contributed by atoms with Crippen molar-refractivity contribution in [2.75, 3.05) is 13.1 Å². The summed E-state index contributed by atoms with van der Waals surface area (Å²) in [6.45, 7) is -0.0146. The number of aliphatic carboxylic acids is 2. The number of hydrogen-bond acceptors (Lipinski definition) is 5. The van der Waals surface area contributed by atoms with E-state index in [1.807, 2.05) is 0 Å². The van der Waals surface area contributed by atoms with Gasteiger partial charge in [0, 0.05) is 13.1 Å². The fourth-order valence-corrected chi connectivity index (χ4v) is 2.36. The number of rotatable bonds is 3.